The van der Waals surface area contributed by atoms with Crippen molar-refractivity contribution in [1.29, 1.82) is 0 Å². The molecule has 3 aliphatic heterocycles. The summed E-state index contributed by atoms with van der Waals surface area (Å²) in [6.07, 6.45) is -18.0. The van der Waals surface area contributed by atoms with Gasteiger partial charge in [0, 0.05) is 5.41 Å². The maximum atomic E-state index is 14.8. The molecule has 0 unspecified atom stereocenters. The second-order valence-corrected chi connectivity index (χ2v) is 23.2. The highest BCUT2D eigenvalue weighted by Gasteiger charge is 2.71. The van der Waals surface area contributed by atoms with E-state index in [-0.39, 0.29) is 42.1 Å². The third-order valence-electron chi connectivity index (χ3n) is 19.9. The molecule has 400 valence electrons. The second-order valence-electron chi connectivity index (χ2n) is 23.2. The lowest BCUT2D eigenvalue weighted by atomic mass is 9.33. The smallest absolute Gasteiger partial charge is 0.315 e. The molecule has 3 saturated heterocycles. The van der Waals surface area contributed by atoms with Gasteiger partial charge in [-0.1, -0.05) is 39.3 Å². The molecular formula is C49H78O21. The first-order chi connectivity index (χ1) is 32.9. The summed E-state index contributed by atoms with van der Waals surface area (Å²) in [7, 11) is 1.35. The van der Waals surface area contributed by atoms with E-state index in [2.05, 4.69) is 26.8 Å². The van der Waals surface area contributed by atoms with Gasteiger partial charge in [0.2, 0.25) is 6.29 Å². The fraction of sp³-hybridized carbons (Fsp3) is 0.918. The molecule has 7 fully saturated rings. The Bertz CT molecular complexity index is 1940. The Morgan fingerprint density at radius 1 is 0.614 bits per heavy atom. The number of hydrogen-bond acceptors (Lipinski definition) is 21. The average Bonchev–Trinajstić information content (AvgIpc) is 3.34. The lowest BCUT2D eigenvalue weighted by Gasteiger charge is -2.71. The molecule has 0 spiro atoms. The van der Waals surface area contributed by atoms with Crippen LogP contribution in [0.4, 0.5) is 0 Å². The van der Waals surface area contributed by atoms with Crippen LogP contribution < -0.4 is 0 Å². The summed E-state index contributed by atoms with van der Waals surface area (Å²) < 4.78 is 40.8. The SMILES string of the molecule is COC(=O)[C@@]1(C)CC[C@]2(C(=O)O[C@@H]3O[C@H](CO)[C@@H](O)[C@H](O)[C@H]3O)CC[C@]3(C)C(=CC[C@@H]4[C@@]5(C)CC[C@H](O[C@@H]6O[C@H](CO)[C@@H](O)[C@H](O[C@@H]7O[C@H](CO)[C@@H](O)[C@H](O)[C@H]7O)[C@H]6O)[C@@](C)(CO)[C@@H]5CC[C@]43C)[C@@H]2C1. The molecule has 4 saturated carbocycles. The van der Waals surface area contributed by atoms with Crippen LogP contribution in [0, 0.1) is 50.2 Å². The van der Waals surface area contributed by atoms with Crippen molar-refractivity contribution >= 4 is 11.9 Å². The average molecular weight is 1000 g/mol. The monoisotopic (exact) mass is 1000 g/mol. The predicted octanol–water partition coefficient (Wildman–Crippen LogP) is -1.73. The third kappa shape index (κ3) is 8.24. The van der Waals surface area contributed by atoms with E-state index in [1.807, 2.05) is 13.8 Å². The number of rotatable bonds is 11. The van der Waals surface area contributed by atoms with Crippen molar-refractivity contribution in [2.75, 3.05) is 33.5 Å². The molecule has 0 radical (unpaired) electrons. The molecule has 21 heteroatoms. The Labute approximate surface area is 407 Å². The molecule has 8 aliphatic rings. The van der Waals surface area contributed by atoms with Crippen molar-refractivity contribution in [3.8, 4) is 0 Å². The quantitative estimate of drug-likeness (QED) is 0.0621. The zero-order valence-electron chi connectivity index (χ0n) is 41.0. The van der Waals surface area contributed by atoms with Gasteiger partial charge in [0.1, 0.15) is 73.2 Å². The first kappa shape index (κ1) is 54.3. The van der Waals surface area contributed by atoms with E-state index in [4.69, 9.17) is 33.2 Å². The van der Waals surface area contributed by atoms with E-state index >= 15 is 0 Å². The summed E-state index contributed by atoms with van der Waals surface area (Å²) in [6.45, 7) is 8.19. The summed E-state index contributed by atoms with van der Waals surface area (Å²) in [5, 5.41) is 127. The third-order valence-corrected chi connectivity index (χ3v) is 19.9. The minimum atomic E-state index is -1.84. The van der Waals surface area contributed by atoms with Gasteiger partial charge in [-0.15, -0.1) is 0 Å². The topological polar surface area (TPSA) is 342 Å². The molecule has 0 bridgehead atoms. The summed E-state index contributed by atoms with van der Waals surface area (Å²) in [4.78, 5) is 28.3. The van der Waals surface area contributed by atoms with E-state index in [1.54, 1.807) is 0 Å². The van der Waals surface area contributed by atoms with Gasteiger partial charge in [0.25, 0.3) is 0 Å². The van der Waals surface area contributed by atoms with Gasteiger partial charge in [0.15, 0.2) is 12.6 Å². The Morgan fingerprint density at radius 2 is 1.17 bits per heavy atom. The van der Waals surface area contributed by atoms with E-state index in [0.717, 1.165) is 5.57 Å². The fourth-order valence-corrected chi connectivity index (χ4v) is 15.3. The van der Waals surface area contributed by atoms with Crippen LogP contribution in [0.15, 0.2) is 11.6 Å². The summed E-state index contributed by atoms with van der Waals surface area (Å²) in [5.41, 5.74) is -3.19. The van der Waals surface area contributed by atoms with Crippen LogP contribution in [-0.4, -0.2) is 205 Å². The van der Waals surface area contributed by atoms with Gasteiger partial charge in [-0.25, -0.2) is 0 Å². The Balaban J connectivity index is 1.06. The van der Waals surface area contributed by atoms with Gasteiger partial charge in [-0.3, -0.25) is 9.59 Å². The molecule has 25 atom stereocenters. The van der Waals surface area contributed by atoms with Crippen LogP contribution in [0.1, 0.15) is 98.8 Å². The molecule has 0 amide bonds. The van der Waals surface area contributed by atoms with Crippen molar-refractivity contribution in [2.45, 2.75) is 197 Å². The summed E-state index contributed by atoms with van der Waals surface area (Å²) >= 11 is 0. The standard InChI is InChI=1S/C49H78O21/c1-44(42(62)64-6)13-15-49(43(63)70-40-36(60)34(58)31(55)25(19-51)66-40)16-14-47(4)22(23(49)17-44)7-8-28-45(2)11-10-29(46(3,21-53)27(45)9-12-48(28,47)5)68-41-37(61)38(32(56)26(20-52)67-41)69-39-35(59)33(57)30(54)24(18-50)65-39/h7,23-41,50-61H,8-21H2,1-6H3/t23-,24+,25+,26+,27+,28+,29-,30+,31+,32+,33-,34-,35+,36+,37+,38-,39-,40-,41-,44-,45-,46-,47+,48+,49-/m0/s1. The van der Waals surface area contributed by atoms with E-state index < -0.39 is 158 Å². The van der Waals surface area contributed by atoms with Crippen LogP contribution in [0.2, 0.25) is 0 Å². The first-order valence-electron chi connectivity index (χ1n) is 25.1. The van der Waals surface area contributed by atoms with Crippen molar-refractivity contribution in [2.24, 2.45) is 50.2 Å². The van der Waals surface area contributed by atoms with Gasteiger partial charge in [0.05, 0.1) is 50.5 Å². The van der Waals surface area contributed by atoms with Crippen molar-refractivity contribution in [3.63, 3.8) is 0 Å². The second kappa shape index (κ2) is 19.6. The fourth-order valence-electron chi connectivity index (χ4n) is 15.3. The highest BCUT2D eigenvalue weighted by molar-refractivity contribution is 5.81. The summed E-state index contributed by atoms with van der Waals surface area (Å²) in [6, 6.07) is 0. The zero-order valence-corrected chi connectivity index (χ0v) is 41.0. The van der Waals surface area contributed by atoms with Gasteiger partial charge in [-0.2, -0.15) is 0 Å². The highest BCUT2D eigenvalue weighted by atomic mass is 16.7. The predicted molar refractivity (Wildman–Crippen MR) is 238 cm³/mol. The molecule has 21 nitrogen and oxygen atoms in total. The molecular weight excluding hydrogens is 925 g/mol. The van der Waals surface area contributed by atoms with Crippen LogP contribution in [-0.2, 0) is 42.7 Å². The molecule has 3 heterocycles. The van der Waals surface area contributed by atoms with E-state index in [1.165, 1.54) is 7.11 Å². The number of methoxy groups -OCH3 is 1. The molecule has 0 aromatic carbocycles. The van der Waals surface area contributed by atoms with Crippen molar-refractivity contribution < 1.29 is 104 Å². The van der Waals surface area contributed by atoms with Crippen molar-refractivity contribution in [3.05, 3.63) is 11.6 Å². The summed E-state index contributed by atoms with van der Waals surface area (Å²) in [5.74, 6) is -1.61. The largest absolute Gasteiger partial charge is 0.469 e. The van der Waals surface area contributed by atoms with E-state index in [0.29, 0.717) is 51.4 Å². The lowest BCUT2D eigenvalue weighted by Crippen LogP contribution is -2.67. The number of esters is 2. The molecule has 12 N–H and O–H groups in total. The highest BCUT2D eigenvalue weighted by Crippen LogP contribution is 2.76. The Morgan fingerprint density at radius 3 is 1.76 bits per heavy atom. The number of fused-ring (bicyclic) bond motifs is 7. The minimum absolute atomic E-state index is 0.0604. The number of hydrogen-bond donors (Lipinski definition) is 12. The van der Waals surface area contributed by atoms with Gasteiger partial charge in [-0.05, 0) is 105 Å². The zero-order chi connectivity index (χ0) is 51.3. The normalized spacial score (nSPS) is 53.6. The lowest BCUT2D eigenvalue weighted by molar-refractivity contribution is -0.370. The number of ether oxygens (including phenoxy) is 7. The number of allylic oxidation sites excluding steroid dienone is 2. The van der Waals surface area contributed by atoms with Crippen LogP contribution in [0.5, 0.6) is 0 Å². The molecule has 5 aliphatic carbocycles. The van der Waals surface area contributed by atoms with Crippen molar-refractivity contribution in [1.82, 2.24) is 0 Å². The number of carbonyl (C=O) groups excluding carboxylic acids is 2. The van der Waals surface area contributed by atoms with Gasteiger partial charge >= 0.3 is 11.9 Å². The number of carbonyl (C=O) groups is 2. The number of aliphatic hydroxyl groups is 12. The molecule has 8 rings (SSSR count). The maximum Gasteiger partial charge on any atom is 0.315 e. The molecule has 0 aromatic rings. The Kier molecular flexibility index (Phi) is 15.2. The number of aliphatic hydroxyl groups excluding tert-OH is 12. The molecule has 70 heavy (non-hydrogen) atoms. The Hall–Kier alpha value is -2.00. The van der Waals surface area contributed by atoms with E-state index in [9.17, 15) is 70.9 Å². The van der Waals surface area contributed by atoms with Crippen LogP contribution in [0.3, 0.4) is 0 Å². The minimum Gasteiger partial charge on any atom is -0.469 e. The first-order valence-corrected chi connectivity index (χ1v) is 25.1. The van der Waals surface area contributed by atoms with Crippen LogP contribution in [0.25, 0.3) is 0 Å². The maximum absolute atomic E-state index is 14.8. The van der Waals surface area contributed by atoms with Gasteiger partial charge < -0.3 is 94.4 Å². The van der Waals surface area contributed by atoms with Crippen LogP contribution >= 0.6 is 0 Å². The molecule has 0 aromatic heterocycles.